The second-order valence-corrected chi connectivity index (χ2v) is 4.09. The van der Waals surface area contributed by atoms with Gasteiger partial charge in [-0.15, -0.1) is 0 Å². The molecule has 17 heavy (non-hydrogen) atoms. The molecule has 0 unspecified atom stereocenters. The van der Waals surface area contributed by atoms with Crippen LogP contribution in [0.25, 0.3) is 0 Å². The quantitative estimate of drug-likeness (QED) is 0.851. The van der Waals surface area contributed by atoms with Gasteiger partial charge >= 0.3 is 5.97 Å². The number of carboxylic acids is 1. The lowest BCUT2D eigenvalue weighted by Crippen LogP contribution is -2.38. The summed E-state index contributed by atoms with van der Waals surface area (Å²) in [5, 5.41) is 9.02. The van der Waals surface area contributed by atoms with Crippen molar-refractivity contribution < 1.29 is 19.1 Å². The highest BCUT2D eigenvalue weighted by Crippen LogP contribution is 2.28. The Kier molecular flexibility index (Phi) is 2.83. The normalized spacial score (nSPS) is 19.8. The van der Waals surface area contributed by atoms with Crippen molar-refractivity contribution in [2.45, 2.75) is 25.8 Å². The maximum atomic E-state index is 13.1. The average molecular weight is 237 g/mol. The van der Waals surface area contributed by atoms with E-state index in [4.69, 9.17) is 5.11 Å². The van der Waals surface area contributed by atoms with Crippen molar-refractivity contribution in [3.63, 3.8) is 0 Å². The predicted octanol–water partition coefficient (Wildman–Crippen LogP) is 1.71. The highest BCUT2D eigenvalue weighted by Gasteiger charge is 2.37. The molecule has 1 aromatic rings. The first kappa shape index (κ1) is 11.6. The zero-order valence-electron chi connectivity index (χ0n) is 9.31. The summed E-state index contributed by atoms with van der Waals surface area (Å²) in [6, 6.07) is 3.33. The number of aliphatic carboxylic acids is 1. The van der Waals surface area contributed by atoms with Gasteiger partial charge in [0.15, 0.2) is 0 Å². The van der Waals surface area contributed by atoms with Crippen LogP contribution in [0.5, 0.6) is 0 Å². The fraction of sp³-hybridized carbons (Fsp3) is 0.333. The highest BCUT2D eigenvalue weighted by molar-refractivity contribution is 6.02. The molecular formula is C12H12FNO3. The summed E-state index contributed by atoms with van der Waals surface area (Å²) in [5.41, 5.74) is 0.838. The summed E-state index contributed by atoms with van der Waals surface area (Å²) in [5.74, 6) is -1.63. The fourth-order valence-electron chi connectivity index (χ4n) is 2.02. The lowest BCUT2D eigenvalue weighted by molar-refractivity contribution is -0.138. The molecule has 1 aromatic carbocycles. The Bertz CT molecular complexity index is 487. The molecule has 1 atom stereocenters. The van der Waals surface area contributed by atoms with Gasteiger partial charge in [-0.05, 0) is 37.1 Å². The number of carboxylic acid groups (broad SMARTS) is 1. The van der Waals surface area contributed by atoms with Gasteiger partial charge in [-0.1, -0.05) is 0 Å². The average Bonchev–Trinajstić information content (AvgIpc) is 2.64. The van der Waals surface area contributed by atoms with Gasteiger partial charge in [-0.25, -0.2) is 9.18 Å². The Morgan fingerprint density at radius 1 is 1.53 bits per heavy atom. The van der Waals surface area contributed by atoms with E-state index in [-0.39, 0.29) is 18.1 Å². The molecule has 0 aromatic heterocycles. The summed E-state index contributed by atoms with van der Waals surface area (Å²) in [7, 11) is 0. The molecule has 0 spiro atoms. The molecule has 2 rings (SSSR count). The van der Waals surface area contributed by atoms with Crippen LogP contribution in [0.3, 0.4) is 0 Å². The number of rotatable bonds is 2. The number of aryl methyl sites for hydroxylation is 1. The Morgan fingerprint density at radius 2 is 2.24 bits per heavy atom. The van der Waals surface area contributed by atoms with Crippen molar-refractivity contribution >= 4 is 17.6 Å². The molecule has 1 fully saturated rings. The number of benzene rings is 1. The van der Waals surface area contributed by atoms with Gasteiger partial charge in [0.05, 0.1) is 0 Å². The standard InChI is InChI=1S/C12H12FNO3/c1-7-6-8(2-3-9(7)13)14-10(12(16)17)4-5-11(14)15/h2-3,6,10H,4-5H2,1H3,(H,16,17)/t10-/m0/s1. The lowest BCUT2D eigenvalue weighted by atomic mass is 10.1. The van der Waals surface area contributed by atoms with Crippen molar-refractivity contribution in [1.82, 2.24) is 0 Å². The zero-order valence-corrected chi connectivity index (χ0v) is 9.31. The van der Waals surface area contributed by atoms with E-state index in [0.29, 0.717) is 17.7 Å². The van der Waals surface area contributed by atoms with E-state index < -0.39 is 12.0 Å². The van der Waals surface area contributed by atoms with E-state index in [1.807, 2.05) is 0 Å². The molecule has 1 saturated heterocycles. The molecule has 1 amide bonds. The van der Waals surface area contributed by atoms with Gasteiger partial charge in [-0.2, -0.15) is 0 Å². The summed E-state index contributed by atoms with van der Waals surface area (Å²) in [6.45, 7) is 1.58. The van der Waals surface area contributed by atoms with E-state index >= 15 is 0 Å². The summed E-state index contributed by atoms with van der Waals surface area (Å²) >= 11 is 0. The lowest BCUT2D eigenvalue weighted by Gasteiger charge is -2.22. The number of amides is 1. The third kappa shape index (κ3) is 2.00. The Balaban J connectivity index is 2.39. The van der Waals surface area contributed by atoms with Crippen LogP contribution in [0.4, 0.5) is 10.1 Å². The minimum atomic E-state index is -1.03. The van der Waals surface area contributed by atoms with Gasteiger partial charge in [0.2, 0.25) is 5.91 Å². The van der Waals surface area contributed by atoms with Crippen LogP contribution in [0, 0.1) is 12.7 Å². The van der Waals surface area contributed by atoms with Crippen LogP contribution in [-0.4, -0.2) is 23.0 Å². The van der Waals surface area contributed by atoms with Crippen LogP contribution in [-0.2, 0) is 9.59 Å². The van der Waals surface area contributed by atoms with Crippen molar-refractivity contribution in [3.05, 3.63) is 29.6 Å². The van der Waals surface area contributed by atoms with Crippen LogP contribution in [0.1, 0.15) is 18.4 Å². The molecule has 1 heterocycles. The number of hydrogen-bond acceptors (Lipinski definition) is 2. The van der Waals surface area contributed by atoms with Crippen molar-refractivity contribution in [2.75, 3.05) is 4.90 Å². The Morgan fingerprint density at radius 3 is 2.82 bits per heavy atom. The minimum absolute atomic E-state index is 0.216. The molecular weight excluding hydrogens is 225 g/mol. The van der Waals surface area contributed by atoms with E-state index in [1.54, 1.807) is 6.92 Å². The van der Waals surface area contributed by atoms with Gasteiger partial charge < -0.3 is 5.11 Å². The number of hydrogen-bond donors (Lipinski definition) is 1. The van der Waals surface area contributed by atoms with Crippen LogP contribution < -0.4 is 4.90 Å². The number of carbonyl (C=O) groups excluding carboxylic acids is 1. The predicted molar refractivity (Wildman–Crippen MR) is 59.3 cm³/mol. The van der Waals surface area contributed by atoms with Gasteiger partial charge in [0.25, 0.3) is 0 Å². The summed E-state index contributed by atoms with van der Waals surface area (Å²) in [6.07, 6.45) is 0.512. The number of halogens is 1. The van der Waals surface area contributed by atoms with Crippen LogP contribution in [0.15, 0.2) is 18.2 Å². The third-order valence-corrected chi connectivity index (χ3v) is 2.92. The number of carbonyl (C=O) groups is 2. The number of nitrogens with zero attached hydrogens (tertiary/aromatic N) is 1. The second-order valence-electron chi connectivity index (χ2n) is 4.09. The molecule has 5 heteroatoms. The van der Waals surface area contributed by atoms with Crippen LogP contribution >= 0.6 is 0 Å². The first-order valence-corrected chi connectivity index (χ1v) is 5.31. The molecule has 0 aliphatic carbocycles. The van der Waals surface area contributed by atoms with Gasteiger partial charge in [-0.3, -0.25) is 9.69 Å². The molecule has 1 aliphatic rings. The zero-order chi connectivity index (χ0) is 12.6. The van der Waals surface area contributed by atoms with Crippen LogP contribution in [0.2, 0.25) is 0 Å². The molecule has 0 saturated carbocycles. The maximum absolute atomic E-state index is 13.1. The molecule has 90 valence electrons. The topological polar surface area (TPSA) is 57.6 Å². The van der Waals surface area contributed by atoms with E-state index in [9.17, 15) is 14.0 Å². The maximum Gasteiger partial charge on any atom is 0.326 e. The van der Waals surface area contributed by atoms with E-state index in [0.717, 1.165) is 0 Å². The molecule has 4 nitrogen and oxygen atoms in total. The SMILES string of the molecule is Cc1cc(N2C(=O)CC[C@H]2C(=O)O)ccc1F. The molecule has 1 aliphatic heterocycles. The van der Waals surface area contributed by atoms with Gasteiger partial charge in [0, 0.05) is 12.1 Å². The third-order valence-electron chi connectivity index (χ3n) is 2.92. The fourth-order valence-corrected chi connectivity index (χ4v) is 2.02. The van der Waals surface area contributed by atoms with Gasteiger partial charge in [0.1, 0.15) is 11.9 Å². The van der Waals surface area contributed by atoms with Crippen molar-refractivity contribution in [2.24, 2.45) is 0 Å². The molecule has 0 radical (unpaired) electrons. The Hall–Kier alpha value is -1.91. The summed E-state index contributed by atoms with van der Waals surface area (Å²) in [4.78, 5) is 23.9. The van der Waals surface area contributed by atoms with Crippen molar-refractivity contribution in [3.8, 4) is 0 Å². The molecule has 0 bridgehead atoms. The van der Waals surface area contributed by atoms with E-state index in [1.165, 1.54) is 23.1 Å². The smallest absolute Gasteiger partial charge is 0.326 e. The molecule has 1 N–H and O–H groups in total. The first-order chi connectivity index (χ1) is 8.00. The monoisotopic (exact) mass is 237 g/mol. The highest BCUT2D eigenvalue weighted by atomic mass is 19.1. The first-order valence-electron chi connectivity index (χ1n) is 5.31. The van der Waals surface area contributed by atoms with Crippen molar-refractivity contribution in [1.29, 1.82) is 0 Å². The Labute approximate surface area is 97.7 Å². The van der Waals surface area contributed by atoms with E-state index in [2.05, 4.69) is 0 Å². The number of anilines is 1. The minimum Gasteiger partial charge on any atom is -0.480 e. The second kappa shape index (κ2) is 4.16. The summed E-state index contributed by atoms with van der Waals surface area (Å²) < 4.78 is 13.1. The largest absolute Gasteiger partial charge is 0.480 e.